The second kappa shape index (κ2) is 7.30. The Balaban J connectivity index is 1.74. The van der Waals surface area contributed by atoms with Gasteiger partial charge in [0.15, 0.2) is 0 Å². The Morgan fingerprint density at radius 1 is 1.25 bits per heavy atom. The van der Waals surface area contributed by atoms with E-state index in [9.17, 15) is 9.59 Å². The molecule has 2 heterocycles. The number of likely N-dealkylation sites (tertiary alicyclic amines) is 1. The second-order valence-corrected chi connectivity index (χ2v) is 7.18. The summed E-state index contributed by atoms with van der Waals surface area (Å²) in [6.45, 7) is 1.87. The molecule has 2 fully saturated rings. The molecule has 2 saturated heterocycles. The van der Waals surface area contributed by atoms with E-state index in [1.807, 2.05) is 11.9 Å². The van der Waals surface area contributed by atoms with Crippen molar-refractivity contribution >= 4 is 40.7 Å². The highest BCUT2D eigenvalue weighted by Gasteiger charge is 2.41. The fourth-order valence-electron chi connectivity index (χ4n) is 3.47. The fraction of sp³-hybridized carbons (Fsp3) is 0.529. The van der Waals surface area contributed by atoms with Gasteiger partial charge in [-0.3, -0.25) is 9.59 Å². The van der Waals surface area contributed by atoms with Crippen molar-refractivity contribution in [2.24, 2.45) is 5.92 Å². The molecular weight excluding hydrogens is 349 g/mol. The molecule has 2 unspecified atom stereocenters. The molecule has 0 bridgehead atoms. The first kappa shape index (κ1) is 17.5. The molecule has 0 saturated carbocycles. The Hall–Kier alpha value is -1.30. The van der Waals surface area contributed by atoms with Gasteiger partial charge in [0, 0.05) is 30.7 Å². The maximum Gasteiger partial charge on any atom is 0.239 e. The molecule has 0 spiro atoms. The number of likely N-dealkylation sites (N-methyl/N-ethyl adjacent to an activating group) is 1. The molecule has 1 N–H and O–H groups in total. The SMILES string of the molecule is CNC1CCCN(C(=O)C2CCN(c3cc(Cl)ccc3Cl)C2=O)C1. The molecule has 0 aliphatic carbocycles. The van der Waals surface area contributed by atoms with Crippen molar-refractivity contribution in [2.45, 2.75) is 25.3 Å². The molecule has 0 aromatic heterocycles. The van der Waals surface area contributed by atoms with Crippen LogP contribution in [0.5, 0.6) is 0 Å². The number of carbonyl (C=O) groups is 2. The summed E-state index contributed by atoms with van der Waals surface area (Å²) < 4.78 is 0. The minimum atomic E-state index is -0.615. The quantitative estimate of drug-likeness (QED) is 0.833. The Morgan fingerprint density at radius 3 is 2.79 bits per heavy atom. The standard InChI is InChI=1S/C17H21Cl2N3O2/c1-20-12-3-2-7-21(10-12)16(23)13-6-8-22(17(13)24)15-9-11(18)4-5-14(15)19/h4-5,9,12-13,20H,2-3,6-8,10H2,1H3. The van der Waals surface area contributed by atoms with E-state index in [0.717, 1.165) is 19.4 Å². The summed E-state index contributed by atoms with van der Waals surface area (Å²) in [5.74, 6) is -0.869. The highest BCUT2D eigenvalue weighted by Crippen LogP contribution is 2.34. The lowest BCUT2D eigenvalue weighted by atomic mass is 10.0. The third-order valence-electron chi connectivity index (χ3n) is 4.84. The molecule has 0 radical (unpaired) electrons. The molecule has 2 aliphatic heterocycles. The van der Waals surface area contributed by atoms with Crippen LogP contribution in [0.3, 0.4) is 0 Å². The fourth-order valence-corrected chi connectivity index (χ4v) is 3.86. The van der Waals surface area contributed by atoms with Crippen LogP contribution in [0.1, 0.15) is 19.3 Å². The summed E-state index contributed by atoms with van der Waals surface area (Å²) in [7, 11) is 1.91. The normalized spacial score (nSPS) is 24.5. The van der Waals surface area contributed by atoms with E-state index in [0.29, 0.717) is 41.3 Å². The lowest BCUT2D eigenvalue weighted by Gasteiger charge is -2.33. The number of amides is 2. The van der Waals surface area contributed by atoms with Crippen LogP contribution in [0.25, 0.3) is 0 Å². The molecule has 7 heteroatoms. The van der Waals surface area contributed by atoms with Gasteiger partial charge in [0.25, 0.3) is 0 Å². The molecule has 3 rings (SSSR count). The molecule has 2 amide bonds. The van der Waals surface area contributed by atoms with Crippen LogP contribution in [0, 0.1) is 5.92 Å². The summed E-state index contributed by atoms with van der Waals surface area (Å²) >= 11 is 12.2. The Kier molecular flexibility index (Phi) is 5.33. The Morgan fingerprint density at radius 2 is 2.04 bits per heavy atom. The van der Waals surface area contributed by atoms with E-state index in [-0.39, 0.29) is 11.8 Å². The van der Waals surface area contributed by atoms with Crippen molar-refractivity contribution in [3.8, 4) is 0 Å². The van der Waals surface area contributed by atoms with Gasteiger partial charge >= 0.3 is 0 Å². The van der Waals surface area contributed by atoms with E-state index in [1.54, 1.807) is 23.1 Å². The first-order valence-electron chi connectivity index (χ1n) is 8.23. The summed E-state index contributed by atoms with van der Waals surface area (Å²) in [6.07, 6.45) is 2.53. The lowest BCUT2D eigenvalue weighted by Crippen LogP contribution is -2.49. The molecule has 1 aromatic rings. The predicted molar refractivity (Wildman–Crippen MR) is 95.6 cm³/mol. The van der Waals surface area contributed by atoms with Gasteiger partial charge in [-0.1, -0.05) is 23.2 Å². The zero-order chi connectivity index (χ0) is 17.3. The monoisotopic (exact) mass is 369 g/mol. The van der Waals surface area contributed by atoms with Crippen molar-refractivity contribution in [3.63, 3.8) is 0 Å². The average molecular weight is 370 g/mol. The molecule has 1 aromatic carbocycles. The first-order valence-corrected chi connectivity index (χ1v) is 8.99. The first-order chi connectivity index (χ1) is 11.5. The van der Waals surface area contributed by atoms with E-state index in [1.165, 1.54) is 0 Å². The number of hydrogen-bond donors (Lipinski definition) is 1. The summed E-state index contributed by atoms with van der Waals surface area (Å²) in [4.78, 5) is 29.0. The van der Waals surface area contributed by atoms with Gasteiger partial charge in [0.2, 0.25) is 11.8 Å². The number of anilines is 1. The van der Waals surface area contributed by atoms with Gasteiger partial charge in [-0.2, -0.15) is 0 Å². The number of benzene rings is 1. The van der Waals surface area contributed by atoms with Gasteiger partial charge in [0.05, 0.1) is 10.7 Å². The smallest absolute Gasteiger partial charge is 0.239 e. The van der Waals surface area contributed by atoms with Crippen molar-refractivity contribution in [3.05, 3.63) is 28.2 Å². The second-order valence-electron chi connectivity index (χ2n) is 6.34. The van der Waals surface area contributed by atoms with E-state index in [2.05, 4.69) is 5.32 Å². The van der Waals surface area contributed by atoms with E-state index >= 15 is 0 Å². The van der Waals surface area contributed by atoms with Crippen LogP contribution >= 0.6 is 23.2 Å². The highest BCUT2D eigenvalue weighted by atomic mass is 35.5. The van der Waals surface area contributed by atoms with Gasteiger partial charge < -0.3 is 15.1 Å². The topological polar surface area (TPSA) is 52.7 Å². The van der Waals surface area contributed by atoms with Gasteiger partial charge in [-0.15, -0.1) is 0 Å². The van der Waals surface area contributed by atoms with Crippen LogP contribution in [0.4, 0.5) is 5.69 Å². The average Bonchev–Trinajstić information content (AvgIpc) is 2.97. The minimum absolute atomic E-state index is 0.0689. The Labute approximate surface area is 151 Å². The van der Waals surface area contributed by atoms with Crippen molar-refractivity contribution in [2.75, 3.05) is 31.6 Å². The highest BCUT2D eigenvalue weighted by molar-refractivity contribution is 6.36. The molecule has 24 heavy (non-hydrogen) atoms. The number of hydrogen-bond acceptors (Lipinski definition) is 3. The van der Waals surface area contributed by atoms with E-state index in [4.69, 9.17) is 23.2 Å². The van der Waals surface area contributed by atoms with Crippen molar-refractivity contribution in [1.29, 1.82) is 0 Å². The summed E-state index contributed by atoms with van der Waals surface area (Å²) in [5, 5.41) is 4.20. The Bertz CT molecular complexity index is 653. The molecule has 130 valence electrons. The molecule has 5 nitrogen and oxygen atoms in total. The zero-order valence-electron chi connectivity index (χ0n) is 13.6. The molecule has 2 atom stereocenters. The van der Waals surface area contributed by atoms with Crippen LogP contribution in [-0.4, -0.2) is 49.4 Å². The number of carbonyl (C=O) groups excluding carboxylic acids is 2. The van der Waals surface area contributed by atoms with Crippen molar-refractivity contribution in [1.82, 2.24) is 10.2 Å². The third-order valence-corrected chi connectivity index (χ3v) is 5.40. The van der Waals surface area contributed by atoms with Crippen LogP contribution < -0.4 is 10.2 Å². The van der Waals surface area contributed by atoms with Gasteiger partial charge in [-0.25, -0.2) is 0 Å². The predicted octanol–water partition coefficient (Wildman–Crippen LogP) is 2.56. The zero-order valence-corrected chi connectivity index (χ0v) is 15.1. The number of rotatable bonds is 3. The van der Waals surface area contributed by atoms with Crippen LogP contribution in [0.15, 0.2) is 18.2 Å². The number of nitrogens with zero attached hydrogens (tertiary/aromatic N) is 2. The number of halogens is 2. The molecule has 2 aliphatic rings. The lowest BCUT2D eigenvalue weighted by molar-refractivity contribution is -0.140. The summed E-state index contributed by atoms with van der Waals surface area (Å²) in [5.41, 5.74) is 0.580. The van der Waals surface area contributed by atoms with Crippen LogP contribution in [-0.2, 0) is 9.59 Å². The van der Waals surface area contributed by atoms with E-state index < -0.39 is 5.92 Å². The summed E-state index contributed by atoms with van der Waals surface area (Å²) in [6, 6.07) is 5.33. The van der Waals surface area contributed by atoms with Crippen LogP contribution in [0.2, 0.25) is 10.0 Å². The third kappa shape index (κ3) is 3.39. The minimum Gasteiger partial charge on any atom is -0.340 e. The maximum atomic E-state index is 12.8. The van der Waals surface area contributed by atoms with Gasteiger partial charge in [-0.05, 0) is 44.5 Å². The largest absolute Gasteiger partial charge is 0.340 e. The van der Waals surface area contributed by atoms with Gasteiger partial charge in [0.1, 0.15) is 5.92 Å². The number of nitrogens with one attached hydrogen (secondary N) is 1. The number of piperidine rings is 1. The maximum absolute atomic E-state index is 12.8. The van der Waals surface area contributed by atoms with Crippen molar-refractivity contribution < 1.29 is 9.59 Å². The molecular formula is C17H21Cl2N3O2.